The standard InChI is InChI=1S/C12H11ClN2O5S/c13-7-1-2-9(15(19)20)8(5-7)10(16)14-12(11(17)18)3-4-21-6-12/h1-2,5H,3-4,6H2,(H,14,16)(H,17,18). The minimum Gasteiger partial charge on any atom is -0.479 e. The molecule has 0 aliphatic carbocycles. The average Bonchev–Trinajstić information content (AvgIpc) is 2.88. The number of aliphatic carboxylic acids is 1. The molecule has 1 atom stereocenters. The van der Waals surface area contributed by atoms with Crippen LogP contribution >= 0.6 is 23.4 Å². The van der Waals surface area contributed by atoms with E-state index < -0.39 is 28.0 Å². The van der Waals surface area contributed by atoms with Gasteiger partial charge in [0.25, 0.3) is 11.6 Å². The molecule has 1 heterocycles. The number of amides is 1. The predicted octanol–water partition coefficient (Wildman–Crippen LogP) is 1.94. The lowest BCUT2D eigenvalue weighted by molar-refractivity contribution is -0.385. The lowest BCUT2D eigenvalue weighted by Crippen LogP contribution is -2.54. The van der Waals surface area contributed by atoms with Crippen molar-refractivity contribution in [2.75, 3.05) is 11.5 Å². The monoisotopic (exact) mass is 330 g/mol. The van der Waals surface area contributed by atoms with Gasteiger partial charge in [0.1, 0.15) is 11.1 Å². The van der Waals surface area contributed by atoms with Crippen molar-refractivity contribution in [1.29, 1.82) is 0 Å². The van der Waals surface area contributed by atoms with Gasteiger partial charge in [-0.2, -0.15) is 11.8 Å². The fourth-order valence-corrected chi connectivity index (χ4v) is 3.52. The van der Waals surface area contributed by atoms with E-state index in [0.29, 0.717) is 5.75 Å². The van der Waals surface area contributed by atoms with Crippen molar-refractivity contribution in [1.82, 2.24) is 5.32 Å². The summed E-state index contributed by atoms with van der Waals surface area (Å²) >= 11 is 7.16. The number of nitrogens with zero attached hydrogens (tertiary/aromatic N) is 1. The van der Waals surface area contributed by atoms with Crippen LogP contribution in [0.2, 0.25) is 5.02 Å². The molecule has 0 bridgehead atoms. The van der Waals surface area contributed by atoms with Crippen molar-refractivity contribution in [3.8, 4) is 0 Å². The molecule has 1 saturated heterocycles. The first-order valence-corrected chi connectivity index (χ1v) is 7.46. The van der Waals surface area contributed by atoms with Crippen LogP contribution in [0.1, 0.15) is 16.8 Å². The minimum atomic E-state index is -1.39. The molecule has 2 N–H and O–H groups in total. The van der Waals surface area contributed by atoms with Gasteiger partial charge in [-0.05, 0) is 24.3 Å². The molecular weight excluding hydrogens is 320 g/mol. The summed E-state index contributed by atoms with van der Waals surface area (Å²) in [6, 6.07) is 3.58. The Bertz CT molecular complexity index is 616. The number of thioether (sulfide) groups is 1. The highest BCUT2D eigenvalue weighted by Crippen LogP contribution is 2.30. The number of halogens is 1. The van der Waals surface area contributed by atoms with Crippen molar-refractivity contribution in [3.05, 3.63) is 38.9 Å². The van der Waals surface area contributed by atoms with E-state index in [1.807, 2.05) is 0 Å². The van der Waals surface area contributed by atoms with Gasteiger partial charge in [-0.25, -0.2) is 4.79 Å². The molecule has 2 rings (SSSR count). The van der Waals surface area contributed by atoms with Gasteiger partial charge in [-0.1, -0.05) is 11.6 Å². The van der Waals surface area contributed by atoms with E-state index in [-0.39, 0.29) is 22.8 Å². The zero-order valence-electron chi connectivity index (χ0n) is 10.7. The topological polar surface area (TPSA) is 110 Å². The van der Waals surface area contributed by atoms with Crippen LogP contribution in [-0.2, 0) is 4.79 Å². The molecular formula is C12H11ClN2O5S. The molecule has 1 aromatic carbocycles. The first kappa shape index (κ1) is 15.6. The predicted molar refractivity (Wildman–Crippen MR) is 77.9 cm³/mol. The molecule has 7 nitrogen and oxygen atoms in total. The summed E-state index contributed by atoms with van der Waals surface area (Å²) in [5.41, 5.74) is -2.05. The van der Waals surface area contributed by atoms with E-state index in [1.54, 1.807) is 0 Å². The Morgan fingerprint density at radius 2 is 2.19 bits per heavy atom. The van der Waals surface area contributed by atoms with Crippen LogP contribution in [0.5, 0.6) is 0 Å². The van der Waals surface area contributed by atoms with Crippen LogP contribution < -0.4 is 5.32 Å². The quantitative estimate of drug-likeness (QED) is 0.645. The maximum absolute atomic E-state index is 12.2. The summed E-state index contributed by atoms with van der Waals surface area (Å²) in [5, 5.41) is 22.8. The maximum atomic E-state index is 12.2. The Hall–Kier alpha value is -1.80. The zero-order valence-corrected chi connectivity index (χ0v) is 12.2. The lowest BCUT2D eigenvalue weighted by Gasteiger charge is -2.24. The first-order valence-electron chi connectivity index (χ1n) is 5.93. The first-order chi connectivity index (χ1) is 9.85. The van der Waals surface area contributed by atoms with E-state index in [9.17, 15) is 24.8 Å². The third kappa shape index (κ3) is 3.11. The van der Waals surface area contributed by atoms with Crippen LogP contribution in [0.3, 0.4) is 0 Å². The van der Waals surface area contributed by atoms with Gasteiger partial charge in [0.2, 0.25) is 0 Å². The number of hydrogen-bond acceptors (Lipinski definition) is 5. The second-order valence-electron chi connectivity index (χ2n) is 4.56. The number of carboxylic acid groups (broad SMARTS) is 1. The highest BCUT2D eigenvalue weighted by molar-refractivity contribution is 7.99. The fraction of sp³-hybridized carbons (Fsp3) is 0.333. The van der Waals surface area contributed by atoms with Crippen LogP contribution in [-0.4, -0.2) is 39.0 Å². The molecule has 21 heavy (non-hydrogen) atoms. The lowest BCUT2D eigenvalue weighted by atomic mass is 9.98. The number of nitrogens with one attached hydrogen (secondary N) is 1. The molecule has 1 aliphatic rings. The van der Waals surface area contributed by atoms with Crippen molar-refractivity contribution >= 4 is 40.9 Å². The Kier molecular flexibility index (Phi) is 4.38. The highest BCUT2D eigenvalue weighted by Gasteiger charge is 2.44. The van der Waals surface area contributed by atoms with Gasteiger partial charge in [0.15, 0.2) is 0 Å². The van der Waals surface area contributed by atoms with E-state index in [1.165, 1.54) is 17.8 Å². The molecule has 0 spiro atoms. The number of rotatable bonds is 4. The third-order valence-electron chi connectivity index (χ3n) is 3.18. The molecule has 0 aromatic heterocycles. The SMILES string of the molecule is O=C(NC1(C(=O)O)CCSC1)c1cc(Cl)ccc1[N+](=O)[O-]. The van der Waals surface area contributed by atoms with Gasteiger partial charge in [0, 0.05) is 16.8 Å². The normalized spacial score (nSPS) is 21.0. The number of nitro benzene ring substituents is 1. The Labute approximate surface area is 128 Å². The molecule has 1 aliphatic heterocycles. The highest BCUT2D eigenvalue weighted by atomic mass is 35.5. The van der Waals surface area contributed by atoms with Gasteiger partial charge in [-0.3, -0.25) is 14.9 Å². The summed E-state index contributed by atoms with van der Waals surface area (Å²) in [7, 11) is 0. The minimum absolute atomic E-state index is 0.163. The molecule has 0 saturated carbocycles. The molecule has 1 aromatic rings. The van der Waals surface area contributed by atoms with E-state index >= 15 is 0 Å². The van der Waals surface area contributed by atoms with Crippen LogP contribution in [0.4, 0.5) is 5.69 Å². The van der Waals surface area contributed by atoms with E-state index in [2.05, 4.69) is 5.32 Å². The number of carbonyl (C=O) groups excluding carboxylic acids is 1. The number of carbonyl (C=O) groups is 2. The van der Waals surface area contributed by atoms with Crippen LogP contribution in [0.15, 0.2) is 18.2 Å². The Balaban J connectivity index is 2.34. The fourth-order valence-electron chi connectivity index (χ4n) is 2.02. The van der Waals surface area contributed by atoms with Gasteiger partial charge in [-0.15, -0.1) is 0 Å². The number of nitro groups is 1. The third-order valence-corrected chi connectivity index (χ3v) is 4.61. The molecule has 1 fully saturated rings. The molecule has 9 heteroatoms. The largest absolute Gasteiger partial charge is 0.479 e. The van der Waals surface area contributed by atoms with Crippen molar-refractivity contribution in [2.45, 2.75) is 12.0 Å². The van der Waals surface area contributed by atoms with Gasteiger partial charge >= 0.3 is 5.97 Å². The second-order valence-corrected chi connectivity index (χ2v) is 6.10. The van der Waals surface area contributed by atoms with Crippen LogP contribution in [0, 0.1) is 10.1 Å². The molecule has 112 valence electrons. The second kappa shape index (κ2) is 5.90. The number of benzene rings is 1. The van der Waals surface area contributed by atoms with E-state index in [4.69, 9.17) is 11.6 Å². The summed E-state index contributed by atoms with van der Waals surface area (Å²) in [4.78, 5) is 33.9. The average molecular weight is 331 g/mol. The van der Waals surface area contributed by atoms with Crippen molar-refractivity contribution in [2.24, 2.45) is 0 Å². The van der Waals surface area contributed by atoms with E-state index in [0.717, 1.165) is 12.1 Å². The summed E-state index contributed by atoms with van der Waals surface area (Å²) in [6.45, 7) is 0. The number of carboxylic acids is 1. The Morgan fingerprint density at radius 3 is 2.71 bits per heavy atom. The van der Waals surface area contributed by atoms with Crippen LogP contribution in [0.25, 0.3) is 0 Å². The smallest absolute Gasteiger partial charge is 0.330 e. The van der Waals surface area contributed by atoms with Gasteiger partial charge < -0.3 is 10.4 Å². The molecule has 0 radical (unpaired) electrons. The summed E-state index contributed by atoms with van der Waals surface area (Å²) in [6.07, 6.45) is 0.271. The summed E-state index contributed by atoms with van der Waals surface area (Å²) < 4.78 is 0. The maximum Gasteiger partial charge on any atom is 0.330 e. The van der Waals surface area contributed by atoms with Gasteiger partial charge in [0.05, 0.1) is 4.92 Å². The zero-order chi connectivity index (χ0) is 15.6. The summed E-state index contributed by atoms with van der Waals surface area (Å²) in [5.74, 6) is -1.13. The number of hydrogen-bond donors (Lipinski definition) is 2. The Morgan fingerprint density at radius 1 is 1.48 bits per heavy atom. The van der Waals surface area contributed by atoms with Crippen molar-refractivity contribution in [3.63, 3.8) is 0 Å². The van der Waals surface area contributed by atoms with Crippen molar-refractivity contribution < 1.29 is 19.6 Å². The molecule has 1 amide bonds. The molecule has 1 unspecified atom stereocenters.